The van der Waals surface area contributed by atoms with Gasteiger partial charge >= 0.3 is 0 Å². The fourth-order valence-corrected chi connectivity index (χ4v) is 3.24. The Kier molecular flexibility index (Phi) is 4.22. The summed E-state index contributed by atoms with van der Waals surface area (Å²) in [7, 11) is 0. The number of benzene rings is 1. The van der Waals surface area contributed by atoms with Gasteiger partial charge in [-0.15, -0.1) is 0 Å². The van der Waals surface area contributed by atoms with Gasteiger partial charge in [-0.3, -0.25) is 4.79 Å². The Bertz CT molecular complexity index is 463. The van der Waals surface area contributed by atoms with E-state index in [1.807, 2.05) is 38.1 Å². The van der Waals surface area contributed by atoms with Gasteiger partial charge in [0.05, 0.1) is 15.8 Å². The summed E-state index contributed by atoms with van der Waals surface area (Å²) in [6.07, 6.45) is -0.00466. The Morgan fingerprint density at radius 3 is 2.33 bits per heavy atom. The normalized spacial score (nSPS) is 29.7. The van der Waals surface area contributed by atoms with Crippen molar-refractivity contribution in [1.29, 1.82) is 0 Å². The maximum absolute atomic E-state index is 12.3. The number of hydrogen-bond donors (Lipinski definition) is 0. The van der Waals surface area contributed by atoms with E-state index in [1.165, 1.54) is 0 Å². The largest absolute Gasteiger partial charge is 0.358 e. The SMILES string of the molecule is C[C@@H]1O[C@]1(C)C(=O)[C@H](Br)[C@H](Br)c1ccc(Cl)cc1. The molecule has 4 atom stereocenters. The van der Waals surface area contributed by atoms with Gasteiger partial charge in [0.2, 0.25) is 0 Å². The molecule has 1 saturated heterocycles. The number of ketones is 1. The van der Waals surface area contributed by atoms with Crippen molar-refractivity contribution in [3.63, 3.8) is 0 Å². The predicted molar refractivity (Wildman–Crippen MR) is 79.8 cm³/mol. The van der Waals surface area contributed by atoms with E-state index in [2.05, 4.69) is 31.9 Å². The fraction of sp³-hybridized carbons (Fsp3) is 0.462. The number of hydrogen-bond acceptors (Lipinski definition) is 2. The Hall–Kier alpha value is 0.1000. The minimum absolute atomic E-state index is 0.00466. The molecule has 1 aliphatic rings. The molecule has 18 heavy (non-hydrogen) atoms. The number of carbonyl (C=O) groups is 1. The van der Waals surface area contributed by atoms with Gasteiger partial charge in [0.25, 0.3) is 0 Å². The molecule has 2 nitrogen and oxygen atoms in total. The third kappa shape index (κ3) is 2.67. The first-order valence-electron chi connectivity index (χ1n) is 5.62. The summed E-state index contributed by atoms with van der Waals surface area (Å²) in [6, 6.07) is 7.44. The van der Waals surface area contributed by atoms with Crippen molar-refractivity contribution in [1.82, 2.24) is 0 Å². The lowest BCUT2D eigenvalue weighted by molar-refractivity contribution is -0.122. The summed E-state index contributed by atoms with van der Waals surface area (Å²) in [4.78, 5) is 11.9. The predicted octanol–water partition coefficient (Wildman–Crippen LogP) is 4.29. The van der Waals surface area contributed by atoms with Crippen molar-refractivity contribution in [3.8, 4) is 0 Å². The van der Waals surface area contributed by atoms with E-state index < -0.39 is 5.60 Å². The van der Waals surface area contributed by atoms with Crippen molar-refractivity contribution < 1.29 is 9.53 Å². The molecule has 0 N–H and O–H groups in total. The van der Waals surface area contributed by atoms with Gasteiger partial charge in [-0.25, -0.2) is 0 Å². The molecule has 5 heteroatoms. The molecule has 0 unspecified atom stereocenters. The van der Waals surface area contributed by atoms with Crippen LogP contribution in [0.5, 0.6) is 0 Å². The van der Waals surface area contributed by atoms with Crippen molar-refractivity contribution in [2.75, 3.05) is 0 Å². The summed E-state index contributed by atoms with van der Waals surface area (Å²) >= 11 is 12.9. The summed E-state index contributed by atoms with van der Waals surface area (Å²) < 4.78 is 5.37. The van der Waals surface area contributed by atoms with E-state index in [9.17, 15) is 4.79 Å². The topological polar surface area (TPSA) is 29.6 Å². The second kappa shape index (κ2) is 5.23. The van der Waals surface area contributed by atoms with Gasteiger partial charge in [0, 0.05) is 5.02 Å². The molecule has 1 heterocycles. The molecule has 1 aromatic rings. The molecule has 1 fully saturated rings. The van der Waals surface area contributed by atoms with Crippen LogP contribution in [0.15, 0.2) is 24.3 Å². The average Bonchev–Trinajstić information content (AvgIpc) is 2.97. The first kappa shape index (κ1) is 14.5. The molecule has 0 saturated carbocycles. The smallest absolute Gasteiger partial charge is 0.182 e. The van der Waals surface area contributed by atoms with Crippen LogP contribution in [0, 0.1) is 0 Å². The number of carbonyl (C=O) groups excluding carboxylic acids is 1. The van der Waals surface area contributed by atoms with Crippen LogP contribution < -0.4 is 0 Å². The quantitative estimate of drug-likeness (QED) is 0.561. The second-order valence-corrected chi connectivity index (χ2v) is 7.00. The number of halogens is 3. The van der Waals surface area contributed by atoms with Crippen LogP contribution in [0.1, 0.15) is 24.2 Å². The number of rotatable bonds is 4. The zero-order valence-corrected chi connectivity index (χ0v) is 13.9. The lowest BCUT2D eigenvalue weighted by Crippen LogP contribution is -2.33. The number of ether oxygens (including phenoxy) is 1. The molecule has 0 aromatic heterocycles. The first-order chi connectivity index (χ1) is 8.36. The highest BCUT2D eigenvalue weighted by Gasteiger charge is 2.57. The summed E-state index contributed by atoms with van der Waals surface area (Å²) in [6.45, 7) is 3.74. The lowest BCUT2D eigenvalue weighted by Gasteiger charge is -2.18. The number of alkyl halides is 2. The van der Waals surface area contributed by atoms with Gasteiger partial charge < -0.3 is 4.74 Å². The van der Waals surface area contributed by atoms with Gasteiger partial charge in [-0.1, -0.05) is 55.6 Å². The van der Waals surface area contributed by atoms with Crippen LogP contribution in [-0.4, -0.2) is 22.3 Å². The molecule has 1 aromatic carbocycles. The summed E-state index contributed by atoms with van der Waals surface area (Å²) in [5, 5.41) is 0.682. The van der Waals surface area contributed by atoms with E-state index in [-0.39, 0.29) is 21.5 Å². The van der Waals surface area contributed by atoms with Crippen LogP contribution in [0.3, 0.4) is 0 Å². The standard InChI is InChI=1S/C13H13Br2ClO2/c1-7-13(2,18-7)12(17)11(15)10(14)8-3-5-9(16)6-4-8/h3-7,10-11H,1-2H3/t7-,10+,11+,13-/m0/s1. The molecule has 0 amide bonds. The van der Waals surface area contributed by atoms with Crippen LogP contribution in [0.4, 0.5) is 0 Å². The summed E-state index contributed by atoms with van der Waals surface area (Å²) in [5.74, 6) is 0.0619. The molecule has 2 rings (SSSR count). The van der Waals surface area contributed by atoms with Crippen LogP contribution in [-0.2, 0) is 9.53 Å². The number of Topliss-reactive ketones (excluding diaryl/α,β-unsaturated/α-hetero) is 1. The van der Waals surface area contributed by atoms with Gasteiger partial charge in [-0.2, -0.15) is 0 Å². The highest BCUT2D eigenvalue weighted by atomic mass is 79.9. The highest BCUT2D eigenvalue weighted by molar-refractivity contribution is 9.12. The zero-order valence-electron chi connectivity index (χ0n) is 9.99. The minimum atomic E-state index is -0.646. The minimum Gasteiger partial charge on any atom is -0.358 e. The van der Waals surface area contributed by atoms with Crippen LogP contribution in [0.25, 0.3) is 0 Å². The second-order valence-electron chi connectivity index (χ2n) is 4.59. The Labute approximate surface area is 128 Å². The van der Waals surface area contributed by atoms with Gasteiger partial charge in [0.1, 0.15) is 0 Å². The molecular formula is C13H13Br2ClO2. The third-order valence-electron chi connectivity index (χ3n) is 3.33. The van der Waals surface area contributed by atoms with Gasteiger partial charge in [-0.05, 0) is 31.5 Å². The zero-order chi connectivity index (χ0) is 13.5. The molecule has 0 aliphatic carbocycles. The molecule has 1 aliphatic heterocycles. The van der Waals surface area contributed by atoms with Crippen molar-refractivity contribution >= 4 is 49.2 Å². The molecule has 0 bridgehead atoms. The van der Waals surface area contributed by atoms with Crippen LogP contribution in [0.2, 0.25) is 5.02 Å². The van der Waals surface area contributed by atoms with E-state index in [4.69, 9.17) is 16.3 Å². The highest BCUT2D eigenvalue weighted by Crippen LogP contribution is 2.42. The first-order valence-corrected chi connectivity index (χ1v) is 7.83. The Morgan fingerprint density at radius 1 is 1.39 bits per heavy atom. The average molecular weight is 397 g/mol. The van der Waals surface area contributed by atoms with Gasteiger partial charge in [0.15, 0.2) is 11.4 Å². The van der Waals surface area contributed by atoms with E-state index in [1.54, 1.807) is 0 Å². The van der Waals surface area contributed by atoms with E-state index in [0.717, 1.165) is 5.56 Å². The maximum Gasteiger partial charge on any atom is 0.182 e. The Morgan fingerprint density at radius 2 is 1.89 bits per heavy atom. The maximum atomic E-state index is 12.3. The lowest BCUT2D eigenvalue weighted by atomic mass is 9.97. The van der Waals surface area contributed by atoms with Crippen molar-refractivity contribution in [2.45, 2.75) is 35.2 Å². The monoisotopic (exact) mass is 394 g/mol. The Balaban J connectivity index is 2.11. The third-order valence-corrected chi connectivity index (χ3v) is 6.29. The fourth-order valence-electron chi connectivity index (χ4n) is 1.81. The molecule has 98 valence electrons. The van der Waals surface area contributed by atoms with E-state index >= 15 is 0 Å². The molecule has 0 radical (unpaired) electrons. The number of epoxide rings is 1. The summed E-state index contributed by atoms with van der Waals surface area (Å²) in [5.41, 5.74) is 0.360. The van der Waals surface area contributed by atoms with Crippen LogP contribution >= 0.6 is 43.5 Å². The van der Waals surface area contributed by atoms with E-state index in [0.29, 0.717) is 5.02 Å². The van der Waals surface area contributed by atoms with Crippen molar-refractivity contribution in [2.24, 2.45) is 0 Å². The van der Waals surface area contributed by atoms with Crippen molar-refractivity contribution in [3.05, 3.63) is 34.9 Å². The molecule has 0 spiro atoms. The molecular weight excluding hydrogens is 383 g/mol.